The Hall–Kier alpha value is -2.54. The molecule has 0 unspecified atom stereocenters. The zero-order valence-electron chi connectivity index (χ0n) is 15.0. The fourth-order valence-corrected chi connectivity index (χ4v) is 3.48. The predicted octanol–water partition coefficient (Wildman–Crippen LogP) is 1.91. The van der Waals surface area contributed by atoms with Gasteiger partial charge in [0.1, 0.15) is 0 Å². The lowest BCUT2D eigenvalue weighted by Crippen LogP contribution is -2.31. The number of aromatic nitrogens is 4. The molecule has 7 heteroatoms. The monoisotopic (exact) mass is 353 g/mol. The van der Waals surface area contributed by atoms with Gasteiger partial charge in [-0.15, -0.1) is 0 Å². The molecule has 1 aromatic carbocycles. The maximum Gasteiger partial charge on any atom is 0.261 e. The highest BCUT2D eigenvalue weighted by Crippen LogP contribution is 2.19. The van der Waals surface area contributed by atoms with Gasteiger partial charge in [-0.2, -0.15) is 4.98 Å². The van der Waals surface area contributed by atoms with Crippen molar-refractivity contribution < 1.29 is 4.52 Å². The van der Waals surface area contributed by atoms with E-state index in [1.165, 1.54) is 12.8 Å². The molecular formula is C19H23N5O2. The quantitative estimate of drug-likeness (QED) is 0.697. The van der Waals surface area contributed by atoms with Crippen LogP contribution in [0, 0.1) is 5.92 Å². The number of hydrogen-bond donors (Lipinski definition) is 0. The summed E-state index contributed by atoms with van der Waals surface area (Å²) in [5.74, 6) is 1.98. The lowest BCUT2D eigenvalue weighted by atomic mass is 9.94. The zero-order chi connectivity index (χ0) is 17.9. The molecule has 1 aliphatic heterocycles. The molecule has 0 bridgehead atoms. The van der Waals surface area contributed by atoms with E-state index >= 15 is 0 Å². The lowest BCUT2D eigenvalue weighted by molar-refractivity contribution is 0.216. The number of likely N-dealkylation sites (tertiary alicyclic amines) is 1. The van der Waals surface area contributed by atoms with Crippen molar-refractivity contribution in [2.24, 2.45) is 5.92 Å². The van der Waals surface area contributed by atoms with E-state index in [1.54, 1.807) is 17.0 Å². The number of para-hydroxylation sites is 1. The van der Waals surface area contributed by atoms with Gasteiger partial charge in [0.25, 0.3) is 5.56 Å². The highest BCUT2D eigenvalue weighted by molar-refractivity contribution is 5.76. The summed E-state index contributed by atoms with van der Waals surface area (Å²) in [6.07, 6.45) is 5.34. The van der Waals surface area contributed by atoms with Crippen molar-refractivity contribution in [1.82, 2.24) is 24.6 Å². The first-order valence-corrected chi connectivity index (χ1v) is 9.13. The second kappa shape index (κ2) is 7.37. The second-order valence-corrected chi connectivity index (χ2v) is 7.07. The maximum absolute atomic E-state index is 12.5. The summed E-state index contributed by atoms with van der Waals surface area (Å²) in [4.78, 5) is 23.7. The molecule has 1 fully saturated rings. The van der Waals surface area contributed by atoms with Crippen LogP contribution in [0.4, 0.5) is 0 Å². The van der Waals surface area contributed by atoms with Gasteiger partial charge < -0.3 is 9.42 Å². The molecule has 1 saturated heterocycles. The van der Waals surface area contributed by atoms with Crippen molar-refractivity contribution in [1.29, 1.82) is 0 Å². The Bertz CT molecular complexity index is 940. The van der Waals surface area contributed by atoms with Gasteiger partial charge in [0.2, 0.25) is 5.89 Å². The third-order valence-corrected chi connectivity index (χ3v) is 5.12. The zero-order valence-corrected chi connectivity index (χ0v) is 15.0. The van der Waals surface area contributed by atoms with Crippen LogP contribution in [-0.4, -0.2) is 44.7 Å². The van der Waals surface area contributed by atoms with E-state index in [4.69, 9.17) is 4.52 Å². The molecule has 0 saturated carbocycles. The molecule has 2 aromatic heterocycles. The SMILES string of the molecule is CN1CCC(Cc2noc(CCn3cnc4ccccc4c3=O)n2)CC1. The van der Waals surface area contributed by atoms with Crippen LogP contribution in [-0.2, 0) is 19.4 Å². The van der Waals surface area contributed by atoms with Gasteiger partial charge in [-0.1, -0.05) is 17.3 Å². The van der Waals surface area contributed by atoms with Gasteiger partial charge in [0, 0.05) is 19.4 Å². The number of fused-ring (bicyclic) bond motifs is 1. The Balaban J connectivity index is 1.39. The minimum atomic E-state index is -0.0401. The van der Waals surface area contributed by atoms with Gasteiger partial charge in [0.15, 0.2) is 5.82 Å². The van der Waals surface area contributed by atoms with Crippen molar-refractivity contribution in [3.05, 3.63) is 52.7 Å². The average Bonchev–Trinajstić information content (AvgIpc) is 3.11. The van der Waals surface area contributed by atoms with Gasteiger partial charge >= 0.3 is 0 Å². The van der Waals surface area contributed by atoms with E-state index in [-0.39, 0.29) is 5.56 Å². The normalized spacial score (nSPS) is 16.3. The van der Waals surface area contributed by atoms with Gasteiger partial charge in [0.05, 0.1) is 17.2 Å². The Labute approximate surface area is 151 Å². The number of rotatable bonds is 5. The molecule has 0 amide bonds. The molecule has 1 aliphatic rings. The molecule has 0 radical (unpaired) electrons. The molecular weight excluding hydrogens is 330 g/mol. The molecule has 0 spiro atoms. The largest absolute Gasteiger partial charge is 0.339 e. The molecule has 136 valence electrons. The van der Waals surface area contributed by atoms with E-state index in [2.05, 4.69) is 27.1 Å². The predicted molar refractivity (Wildman–Crippen MR) is 97.9 cm³/mol. The Morgan fingerprint density at radius 2 is 2.04 bits per heavy atom. The first-order chi connectivity index (χ1) is 12.7. The summed E-state index contributed by atoms with van der Waals surface area (Å²) >= 11 is 0. The summed E-state index contributed by atoms with van der Waals surface area (Å²) in [6.45, 7) is 2.74. The second-order valence-electron chi connectivity index (χ2n) is 7.07. The summed E-state index contributed by atoms with van der Waals surface area (Å²) in [7, 11) is 2.16. The smallest absolute Gasteiger partial charge is 0.261 e. The average molecular weight is 353 g/mol. The molecule has 0 atom stereocenters. The van der Waals surface area contributed by atoms with Crippen molar-refractivity contribution in [2.75, 3.05) is 20.1 Å². The molecule has 3 heterocycles. The van der Waals surface area contributed by atoms with Crippen LogP contribution in [0.15, 0.2) is 39.9 Å². The standard InChI is InChI=1S/C19H23N5O2/c1-23-9-6-14(7-10-23)12-17-21-18(26-22-17)8-11-24-13-20-16-5-3-2-4-15(16)19(24)25/h2-5,13-14H,6-12H2,1H3. The minimum absolute atomic E-state index is 0.0401. The molecule has 4 rings (SSSR count). The number of piperidine rings is 1. The van der Waals surface area contributed by atoms with Crippen LogP contribution in [0.2, 0.25) is 0 Å². The van der Waals surface area contributed by atoms with Crippen LogP contribution < -0.4 is 5.56 Å². The molecule has 3 aromatic rings. The third-order valence-electron chi connectivity index (χ3n) is 5.12. The highest BCUT2D eigenvalue weighted by Gasteiger charge is 2.19. The fourth-order valence-electron chi connectivity index (χ4n) is 3.48. The van der Waals surface area contributed by atoms with Crippen molar-refractivity contribution in [3.8, 4) is 0 Å². The Kier molecular flexibility index (Phi) is 4.79. The molecule has 26 heavy (non-hydrogen) atoms. The molecule has 7 nitrogen and oxygen atoms in total. The number of aryl methyl sites for hydroxylation is 2. The third kappa shape index (κ3) is 3.67. The maximum atomic E-state index is 12.5. The van der Waals surface area contributed by atoms with E-state index < -0.39 is 0 Å². The first-order valence-electron chi connectivity index (χ1n) is 9.13. The van der Waals surface area contributed by atoms with E-state index in [1.807, 2.05) is 18.2 Å². The van der Waals surface area contributed by atoms with Crippen molar-refractivity contribution in [3.63, 3.8) is 0 Å². The summed E-state index contributed by atoms with van der Waals surface area (Å²) in [5.41, 5.74) is 0.675. The lowest BCUT2D eigenvalue weighted by Gasteiger charge is -2.28. The van der Waals surface area contributed by atoms with Crippen LogP contribution >= 0.6 is 0 Å². The summed E-state index contributed by atoms with van der Waals surface area (Å²) < 4.78 is 6.97. The topological polar surface area (TPSA) is 77.0 Å². The first kappa shape index (κ1) is 16.9. The highest BCUT2D eigenvalue weighted by atomic mass is 16.5. The number of nitrogens with zero attached hydrogens (tertiary/aromatic N) is 5. The van der Waals surface area contributed by atoms with E-state index in [0.29, 0.717) is 35.7 Å². The minimum Gasteiger partial charge on any atom is -0.339 e. The van der Waals surface area contributed by atoms with Crippen molar-refractivity contribution in [2.45, 2.75) is 32.2 Å². The molecule has 0 N–H and O–H groups in total. The van der Waals surface area contributed by atoms with Crippen LogP contribution in [0.1, 0.15) is 24.6 Å². The van der Waals surface area contributed by atoms with E-state index in [0.717, 1.165) is 25.3 Å². The van der Waals surface area contributed by atoms with Crippen LogP contribution in [0.5, 0.6) is 0 Å². The van der Waals surface area contributed by atoms with Gasteiger partial charge in [-0.3, -0.25) is 9.36 Å². The summed E-state index contributed by atoms with van der Waals surface area (Å²) in [5, 5.41) is 4.74. The fraction of sp³-hybridized carbons (Fsp3) is 0.474. The molecule has 0 aliphatic carbocycles. The number of benzene rings is 1. The Morgan fingerprint density at radius 3 is 2.88 bits per heavy atom. The van der Waals surface area contributed by atoms with E-state index in [9.17, 15) is 4.79 Å². The van der Waals surface area contributed by atoms with Crippen LogP contribution in [0.3, 0.4) is 0 Å². The van der Waals surface area contributed by atoms with Gasteiger partial charge in [-0.05, 0) is 51.0 Å². The number of hydrogen-bond acceptors (Lipinski definition) is 6. The van der Waals surface area contributed by atoms with Gasteiger partial charge in [-0.25, -0.2) is 4.98 Å². The van der Waals surface area contributed by atoms with Crippen LogP contribution in [0.25, 0.3) is 10.9 Å². The van der Waals surface area contributed by atoms with Crippen molar-refractivity contribution >= 4 is 10.9 Å². The Morgan fingerprint density at radius 1 is 1.23 bits per heavy atom. The summed E-state index contributed by atoms with van der Waals surface area (Å²) in [6, 6.07) is 7.37.